The first-order valence-electron chi connectivity index (χ1n) is 9.03. The van der Waals surface area contributed by atoms with Crippen LogP contribution < -0.4 is 9.62 Å². The van der Waals surface area contributed by atoms with Crippen molar-refractivity contribution in [1.82, 2.24) is 0 Å². The Morgan fingerprint density at radius 2 is 1.78 bits per heavy atom. The van der Waals surface area contributed by atoms with Crippen molar-refractivity contribution < 1.29 is 13.2 Å². The smallest absolute Gasteiger partial charge is 0.232 e. The minimum absolute atomic E-state index is 0.0762. The number of hydrogen-bond donors (Lipinski definition) is 1. The lowest BCUT2D eigenvalue weighted by atomic mass is 10.0. The molecule has 6 heteroatoms. The second kappa shape index (κ2) is 8.57. The molecule has 0 saturated heterocycles. The minimum Gasteiger partial charge on any atom is -0.326 e. The highest BCUT2D eigenvalue weighted by Gasteiger charge is 2.20. The number of benzene rings is 2. The summed E-state index contributed by atoms with van der Waals surface area (Å²) >= 11 is 0. The first-order chi connectivity index (χ1) is 12.6. The lowest BCUT2D eigenvalue weighted by Gasteiger charge is -2.24. The highest BCUT2D eigenvalue weighted by Crippen LogP contribution is 2.25. The number of anilines is 2. The van der Waals surface area contributed by atoms with E-state index in [0.29, 0.717) is 5.69 Å². The molecule has 2 aromatic carbocycles. The Morgan fingerprint density at radius 3 is 2.37 bits per heavy atom. The van der Waals surface area contributed by atoms with E-state index in [4.69, 9.17) is 0 Å². The summed E-state index contributed by atoms with van der Waals surface area (Å²) in [6.45, 7) is 8.06. The number of carbonyl (C=O) groups is 1. The van der Waals surface area contributed by atoms with Gasteiger partial charge in [0.15, 0.2) is 0 Å². The third-order valence-electron chi connectivity index (χ3n) is 4.42. The molecule has 1 N–H and O–H groups in total. The summed E-state index contributed by atoms with van der Waals surface area (Å²) in [7, 11) is -3.49. The molecule has 0 heterocycles. The van der Waals surface area contributed by atoms with Crippen molar-refractivity contribution in [1.29, 1.82) is 0 Å². The van der Waals surface area contributed by atoms with Crippen LogP contribution in [0.1, 0.15) is 42.9 Å². The van der Waals surface area contributed by atoms with E-state index in [9.17, 15) is 13.2 Å². The molecule has 0 aliphatic rings. The molecular formula is C21H28N2O3S. The number of carbonyl (C=O) groups excluding carboxylic acids is 1. The number of nitrogens with one attached hydrogen (secondary N) is 1. The Balaban J connectivity index is 2.15. The van der Waals surface area contributed by atoms with E-state index in [-0.39, 0.29) is 24.8 Å². The molecular weight excluding hydrogens is 360 g/mol. The van der Waals surface area contributed by atoms with Crippen LogP contribution in [0, 0.1) is 13.8 Å². The van der Waals surface area contributed by atoms with Crippen LogP contribution in [0.15, 0.2) is 42.5 Å². The first kappa shape index (κ1) is 21.0. The quantitative estimate of drug-likeness (QED) is 0.772. The maximum atomic E-state index is 12.5. The second-order valence-corrected chi connectivity index (χ2v) is 9.07. The summed E-state index contributed by atoms with van der Waals surface area (Å²) in [6, 6.07) is 13.3. The van der Waals surface area contributed by atoms with Crippen molar-refractivity contribution in [2.24, 2.45) is 0 Å². The largest absolute Gasteiger partial charge is 0.326 e. The van der Waals surface area contributed by atoms with Crippen LogP contribution >= 0.6 is 0 Å². The average Bonchev–Trinajstić information content (AvgIpc) is 2.56. The van der Waals surface area contributed by atoms with Crippen LogP contribution in [-0.2, 0) is 14.8 Å². The SMILES string of the molecule is Cc1ccc(N(CCC(=O)Nc2ccccc2C(C)C)S(C)(=O)=O)c(C)c1. The molecule has 2 aromatic rings. The monoisotopic (exact) mass is 388 g/mol. The fraction of sp³-hybridized carbons (Fsp3) is 0.381. The molecule has 5 nitrogen and oxygen atoms in total. The molecule has 146 valence electrons. The molecule has 0 aromatic heterocycles. The van der Waals surface area contributed by atoms with Gasteiger partial charge >= 0.3 is 0 Å². The molecule has 0 fully saturated rings. The maximum Gasteiger partial charge on any atom is 0.232 e. The van der Waals surface area contributed by atoms with Gasteiger partial charge in [0.2, 0.25) is 15.9 Å². The van der Waals surface area contributed by atoms with Gasteiger partial charge in [-0.05, 0) is 43.0 Å². The van der Waals surface area contributed by atoms with Crippen molar-refractivity contribution in [3.05, 3.63) is 59.2 Å². The molecule has 0 saturated carbocycles. The molecule has 0 radical (unpaired) electrons. The Hall–Kier alpha value is -2.34. The number of para-hydroxylation sites is 1. The number of amides is 1. The van der Waals surface area contributed by atoms with Gasteiger partial charge in [-0.3, -0.25) is 9.10 Å². The molecule has 0 spiro atoms. The number of sulfonamides is 1. The Kier molecular flexibility index (Phi) is 6.65. The van der Waals surface area contributed by atoms with Crippen LogP contribution in [0.25, 0.3) is 0 Å². The van der Waals surface area contributed by atoms with Crippen molar-refractivity contribution in [2.45, 2.75) is 40.0 Å². The second-order valence-electron chi connectivity index (χ2n) is 7.17. The van der Waals surface area contributed by atoms with Crippen LogP contribution in [0.4, 0.5) is 11.4 Å². The van der Waals surface area contributed by atoms with Gasteiger partial charge in [0.05, 0.1) is 11.9 Å². The third-order valence-corrected chi connectivity index (χ3v) is 5.60. The van der Waals surface area contributed by atoms with Crippen LogP contribution in [-0.4, -0.2) is 27.1 Å². The van der Waals surface area contributed by atoms with E-state index in [1.54, 1.807) is 6.07 Å². The van der Waals surface area contributed by atoms with Crippen molar-refractivity contribution in [2.75, 3.05) is 22.4 Å². The zero-order chi connectivity index (χ0) is 20.2. The number of hydrogen-bond acceptors (Lipinski definition) is 3. The van der Waals surface area contributed by atoms with Gasteiger partial charge in [-0.2, -0.15) is 0 Å². The fourth-order valence-electron chi connectivity index (χ4n) is 3.08. The zero-order valence-corrected chi connectivity index (χ0v) is 17.4. The van der Waals surface area contributed by atoms with Gasteiger partial charge in [-0.15, -0.1) is 0 Å². The average molecular weight is 389 g/mol. The molecule has 0 atom stereocenters. The van der Waals surface area contributed by atoms with E-state index >= 15 is 0 Å². The van der Waals surface area contributed by atoms with E-state index in [1.807, 2.05) is 50.2 Å². The standard InChI is InChI=1S/C21H28N2O3S/c1-15(2)18-8-6-7-9-19(18)22-21(24)12-13-23(27(5,25)26)20-11-10-16(3)14-17(20)4/h6-11,14-15H,12-13H2,1-5H3,(H,22,24). The summed E-state index contributed by atoms with van der Waals surface area (Å²) in [5, 5.41) is 2.91. The lowest BCUT2D eigenvalue weighted by molar-refractivity contribution is -0.116. The molecule has 1 amide bonds. The van der Waals surface area contributed by atoms with Crippen LogP contribution in [0.2, 0.25) is 0 Å². The summed E-state index contributed by atoms with van der Waals surface area (Å²) in [6.07, 6.45) is 1.24. The van der Waals surface area contributed by atoms with Gasteiger partial charge in [0.25, 0.3) is 0 Å². The van der Waals surface area contributed by atoms with Gasteiger partial charge < -0.3 is 5.32 Å². The number of aryl methyl sites for hydroxylation is 2. The third kappa shape index (κ3) is 5.57. The highest BCUT2D eigenvalue weighted by atomic mass is 32.2. The molecule has 27 heavy (non-hydrogen) atoms. The predicted octanol–water partition coefficient (Wildman–Crippen LogP) is 4.22. The molecule has 0 bridgehead atoms. The fourth-order valence-corrected chi connectivity index (χ4v) is 4.07. The van der Waals surface area contributed by atoms with Gasteiger partial charge in [0, 0.05) is 18.7 Å². The summed E-state index contributed by atoms with van der Waals surface area (Å²) in [4.78, 5) is 12.5. The van der Waals surface area contributed by atoms with Crippen molar-refractivity contribution in [3.8, 4) is 0 Å². The van der Waals surface area contributed by atoms with E-state index < -0.39 is 10.0 Å². The molecule has 0 unspecified atom stereocenters. The lowest BCUT2D eigenvalue weighted by Crippen LogP contribution is -2.33. The number of rotatable bonds is 7. The van der Waals surface area contributed by atoms with Crippen LogP contribution in [0.3, 0.4) is 0 Å². The zero-order valence-electron chi connectivity index (χ0n) is 16.6. The topological polar surface area (TPSA) is 66.5 Å². The predicted molar refractivity (Wildman–Crippen MR) is 112 cm³/mol. The Bertz CT molecular complexity index is 921. The minimum atomic E-state index is -3.49. The summed E-state index contributed by atoms with van der Waals surface area (Å²) in [5.74, 6) is 0.0748. The molecule has 0 aliphatic carbocycles. The highest BCUT2D eigenvalue weighted by molar-refractivity contribution is 7.92. The normalized spacial score (nSPS) is 11.5. The molecule has 0 aliphatic heterocycles. The van der Waals surface area contributed by atoms with Gasteiger partial charge in [-0.25, -0.2) is 8.42 Å². The van der Waals surface area contributed by atoms with E-state index in [2.05, 4.69) is 19.2 Å². The first-order valence-corrected chi connectivity index (χ1v) is 10.9. The number of nitrogens with zero attached hydrogens (tertiary/aromatic N) is 1. The van der Waals surface area contributed by atoms with Crippen molar-refractivity contribution in [3.63, 3.8) is 0 Å². The van der Waals surface area contributed by atoms with E-state index in [0.717, 1.165) is 28.6 Å². The van der Waals surface area contributed by atoms with Gasteiger partial charge in [0.1, 0.15) is 0 Å². The van der Waals surface area contributed by atoms with Gasteiger partial charge in [-0.1, -0.05) is 49.7 Å². The Labute approximate surface area is 162 Å². The maximum absolute atomic E-state index is 12.5. The van der Waals surface area contributed by atoms with E-state index in [1.165, 1.54) is 4.31 Å². The summed E-state index contributed by atoms with van der Waals surface area (Å²) in [5.41, 5.74) is 4.37. The molecule has 2 rings (SSSR count). The summed E-state index contributed by atoms with van der Waals surface area (Å²) < 4.78 is 25.9. The van der Waals surface area contributed by atoms with Crippen molar-refractivity contribution >= 4 is 27.3 Å². The Morgan fingerprint density at radius 1 is 1.11 bits per heavy atom. The van der Waals surface area contributed by atoms with Crippen LogP contribution in [0.5, 0.6) is 0 Å².